The van der Waals surface area contributed by atoms with E-state index in [0.29, 0.717) is 13.0 Å². The summed E-state index contributed by atoms with van der Waals surface area (Å²) in [6.07, 6.45) is 9.60. The van der Waals surface area contributed by atoms with Gasteiger partial charge in [-0.1, -0.05) is 12.8 Å². The highest BCUT2D eigenvalue weighted by Gasteiger charge is 2.54. The maximum atomic E-state index is 13.6. The summed E-state index contributed by atoms with van der Waals surface area (Å²) in [5, 5.41) is 5.99. The van der Waals surface area contributed by atoms with Crippen molar-refractivity contribution >= 4 is 17.7 Å². The molecule has 3 amide bonds. The molecule has 0 unspecified atom stereocenters. The monoisotopic (exact) mass is 439 g/mol. The highest BCUT2D eigenvalue weighted by molar-refractivity contribution is 6.07. The number of fused-ring (bicyclic) bond motifs is 1. The van der Waals surface area contributed by atoms with E-state index in [4.69, 9.17) is 4.42 Å². The average Bonchev–Trinajstić information content (AvgIpc) is 3.16. The van der Waals surface area contributed by atoms with Crippen LogP contribution in [0, 0.1) is 0 Å². The Morgan fingerprint density at radius 1 is 1.25 bits per heavy atom. The number of aromatic nitrogens is 2. The fourth-order valence-corrected chi connectivity index (χ4v) is 4.97. The minimum absolute atomic E-state index is 0.0281. The number of nitrogens with one attached hydrogen (secondary N) is 2. The zero-order chi connectivity index (χ0) is 22.3. The van der Waals surface area contributed by atoms with Crippen molar-refractivity contribution in [2.75, 3.05) is 6.54 Å². The predicted octanol–water partition coefficient (Wildman–Crippen LogP) is 1.88. The summed E-state index contributed by atoms with van der Waals surface area (Å²) >= 11 is 0. The summed E-state index contributed by atoms with van der Waals surface area (Å²) in [6, 6.07) is 3.85. The van der Waals surface area contributed by atoms with Crippen molar-refractivity contribution in [1.82, 2.24) is 25.1 Å². The van der Waals surface area contributed by atoms with E-state index in [1.54, 1.807) is 21.8 Å². The van der Waals surface area contributed by atoms with Crippen LogP contribution in [0.4, 0.5) is 0 Å². The first kappa shape index (κ1) is 20.8. The Bertz CT molecular complexity index is 1020. The lowest BCUT2D eigenvalue weighted by Crippen LogP contribution is -2.65. The van der Waals surface area contributed by atoms with Crippen molar-refractivity contribution in [2.24, 2.45) is 0 Å². The summed E-state index contributed by atoms with van der Waals surface area (Å²) in [4.78, 5) is 45.7. The summed E-state index contributed by atoms with van der Waals surface area (Å²) in [5.74, 6) is -0.0319. The van der Waals surface area contributed by atoms with Gasteiger partial charge < -0.3 is 24.5 Å². The second-order valence-corrected chi connectivity index (χ2v) is 9.29. The fourth-order valence-electron chi connectivity index (χ4n) is 4.97. The first-order valence-corrected chi connectivity index (χ1v) is 11.5. The van der Waals surface area contributed by atoms with Crippen molar-refractivity contribution in [1.29, 1.82) is 0 Å². The van der Waals surface area contributed by atoms with E-state index in [-0.39, 0.29) is 41.8 Å². The molecule has 0 radical (unpaired) electrons. The van der Waals surface area contributed by atoms with Crippen LogP contribution in [0.25, 0.3) is 0 Å². The number of carbonyl (C=O) groups excluding carboxylic acids is 3. The van der Waals surface area contributed by atoms with Crippen LogP contribution in [-0.2, 0) is 17.8 Å². The number of furan rings is 1. The second-order valence-electron chi connectivity index (χ2n) is 9.29. The molecule has 3 aliphatic rings. The molecule has 0 spiro atoms. The van der Waals surface area contributed by atoms with Gasteiger partial charge in [-0.05, 0) is 44.7 Å². The summed E-state index contributed by atoms with van der Waals surface area (Å²) in [7, 11) is 0. The number of carbonyl (C=O) groups is 3. The molecule has 2 fully saturated rings. The van der Waals surface area contributed by atoms with Crippen molar-refractivity contribution in [2.45, 2.75) is 76.0 Å². The highest BCUT2D eigenvalue weighted by atomic mass is 16.3. The lowest BCUT2D eigenvalue weighted by molar-refractivity contribution is -0.134. The SMILES string of the molecule is C[C@@]1(C(=O)NC2CCCC2)Cn2cnc(C(=O)NCCc3ccco3)c2C(=O)N1C1CC1. The van der Waals surface area contributed by atoms with Crippen LogP contribution in [0.3, 0.4) is 0 Å². The predicted molar refractivity (Wildman–Crippen MR) is 115 cm³/mol. The number of imidazole rings is 1. The summed E-state index contributed by atoms with van der Waals surface area (Å²) in [5.41, 5.74) is -0.626. The van der Waals surface area contributed by atoms with Gasteiger partial charge in [0, 0.05) is 25.0 Å². The smallest absolute Gasteiger partial charge is 0.274 e. The molecular weight excluding hydrogens is 410 g/mol. The number of nitrogens with zero attached hydrogens (tertiary/aromatic N) is 3. The molecule has 0 bridgehead atoms. The summed E-state index contributed by atoms with van der Waals surface area (Å²) < 4.78 is 6.95. The van der Waals surface area contributed by atoms with Gasteiger partial charge in [0.1, 0.15) is 17.0 Å². The lowest BCUT2D eigenvalue weighted by atomic mass is 9.93. The van der Waals surface area contributed by atoms with Gasteiger partial charge in [0.15, 0.2) is 5.69 Å². The molecule has 9 nitrogen and oxygen atoms in total. The minimum atomic E-state index is -0.998. The lowest BCUT2D eigenvalue weighted by Gasteiger charge is -2.44. The van der Waals surface area contributed by atoms with E-state index in [1.807, 2.05) is 13.0 Å². The van der Waals surface area contributed by atoms with Crippen molar-refractivity contribution < 1.29 is 18.8 Å². The highest BCUT2D eigenvalue weighted by Crippen LogP contribution is 2.39. The minimum Gasteiger partial charge on any atom is -0.469 e. The maximum Gasteiger partial charge on any atom is 0.274 e. The molecular formula is C23H29N5O4. The third kappa shape index (κ3) is 3.69. The molecule has 5 rings (SSSR count). The van der Waals surface area contributed by atoms with Gasteiger partial charge in [-0.2, -0.15) is 0 Å². The van der Waals surface area contributed by atoms with Crippen LogP contribution in [0.15, 0.2) is 29.1 Å². The van der Waals surface area contributed by atoms with Crippen LogP contribution < -0.4 is 10.6 Å². The van der Waals surface area contributed by atoms with Gasteiger partial charge in [-0.15, -0.1) is 0 Å². The third-order valence-corrected chi connectivity index (χ3v) is 6.81. The Balaban J connectivity index is 1.35. The average molecular weight is 440 g/mol. The van der Waals surface area contributed by atoms with Crippen LogP contribution in [0.2, 0.25) is 0 Å². The topological polar surface area (TPSA) is 109 Å². The number of rotatable bonds is 7. The van der Waals surface area contributed by atoms with Crippen molar-refractivity contribution in [3.63, 3.8) is 0 Å². The van der Waals surface area contributed by atoms with Crippen LogP contribution in [0.1, 0.15) is 72.2 Å². The maximum absolute atomic E-state index is 13.6. The van der Waals surface area contributed by atoms with E-state index in [1.165, 1.54) is 6.33 Å². The molecule has 1 atom stereocenters. The van der Waals surface area contributed by atoms with Gasteiger partial charge in [0.25, 0.3) is 11.8 Å². The van der Waals surface area contributed by atoms with Gasteiger partial charge >= 0.3 is 0 Å². The van der Waals surface area contributed by atoms with Crippen LogP contribution in [0.5, 0.6) is 0 Å². The zero-order valence-electron chi connectivity index (χ0n) is 18.3. The first-order chi connectivity index (χ1) is 15.5. The second kappa shape index (κ2) is 8.11. The molecule has 3 heterocycles. The van der Waals surface area contributed by atoms with Gasteiger partial charge in [-0.25, -0.2) is 4.98 Å². The van der Waals surface area contributed by atoms with Crippen LogP contribution in [-0.4, -0.2) is 56.3 Å². The van der Waals surface area contributed by atoms with E-state index >= 15 is 0 Å². The Morgan fingerprint density at radius 3 is 2.72 bits per heavy atom. The molecule has 2 aromatic rings. The fraction of sp³-hybridized carbons (Fsp3) is 0.565. The molecule has 32 heavy (non-hydrogen) atoms. The normalized spacial score (nSPS) is 23.3. The van der Waals surface area contributed by atoms with Gasteiger partial charge in [0.05, 0.1) is 19.1 Å². The van der Waals surface area contributed by atoms with E-state index < -0.39 is 11.4 Å². The first-order valence-electron chi connectivity index (χ1n) is 11.5. The molecule has 9 heteroatoms. The Kier molecular flexibility index (Phi) is 5.27. The third-order valence-electron chi connectivity index (χ3n) is 6.81. The molecule has 2 N–H and O–H groups in total. The Hall–Kier alpha value is -3.10. The molecule has 2 aromatic heterocycles. The van der Waals surface area contributed by atoms with Crippen molar-refractivity contribution in [3.05, 3.63) is 41.9 Å². The molecule has 0 aromatic carbocycles. The largest absolute Gasteiger partial charge is 0.469 e. The van der Waals surface area contributed by atoms with E-state index in [0.717, 1.165) is 44.3 Å². The van der Waals surface area contributed by atoms with E-state index in [2.05, 4.69) is 15.6 Å². The molecule has 2 saturated carbocycles. The number of hydrogen-bond acceptors (Lipinski definition) is 5. The van der Waals surface area contributed by atoms with E-state index in [9.17, 15) is 14.4 Å². The molecule has 1 aliphatic heterocycles. The Morgan fingerprint density at radius 2 is 2.03 bits per heavy atom. The molecule has 2 aliphatic carbocycles. The molecule has 170 valence electrons. The summed E-state index contributed by atoms with van der Waals surface area (Å²) in [6.45, 7) is 2.50. The molecule has 0 saturated heterocycles. The Labute approximate surface area is 186 Å². The standard InChI is InChI=1S/C23H29N5O4/c1-23(22(31)26-15-5-2-3-6-15)13-27-14-25-18(19(27)21(30)28(23)16-8-9-16)20(29)24-11-10-17-7-4-12-32-17/h4,7,12,14-16H,2-3,5-6,8-11,13H2,1H3,(H,24,29)(H,26,31)/t23-/m0/s1. The van der Waals surface area contributed by atoms with Gasteiger partial charge in [-0.3, -0.25) is 14.4 Å². The number of amides is 3. The van der Waals surface area contributed by atoms with Crippen molar-refractivity contribution in [3.8, 4) is 0 Å². The van der Waals surface area contributed by atoms with Gasteiger partial charge in [0.2, 0.25) is 5.91 Å². The quantitative estimate of drug-likeness (QED) is 0.685. The van der Waals surface area contributed by atoms with Crippen LogP contribution >= 0.6 is 0 Å². The zero-order valence-corrected chi connectivity index (χ0v) is 18.3. The number of hydrogen-bond donors (Lipinski definition) is 2.